The third kappa shape index (κ3) is 6.00. The lowest BCUT2D eigenvalue weighted by Gasteiger charge is -2.32. The summed E-state index contributed by atoms with van der Waals surface area (Å²) in [6.45, 7) is 0.225. The molecule has 1 saturated carbocycles. The summed E-state index contributed by atoms with van der Waals surface area (Å²) in [5, 5.41) is 3.67. The number of alkyl halides is 13. The highest BCUT2D eigenvalue weighted by molar-refractivity contribution is 6.06. The highest BCUT2D eigenvalue weighted by atomic mass is 19.4. The first-order chi connectivity index (χ1) is 17.6. The molecule has 0 heterocycles. The van der Waals surface area contributed by atoms with Crippen LogP contribution in [0.1, 0.15) is 39.9 Å². The summed E-state index contributed by atoms with van der Waals surface area (Å²) in [6.07, 6.45) is -24.8. The highest BCUT2D eigenvalue weighted by Crippen LogP contribution is 2.55. The number of hydrogen-bond acceptors (Lipinski definition) is 2. The third-order valence-corrected chi connectivity index (χ3v) is 5.69. The zero-order chi connectivity index (χ0) is 29.8. The number of halogens is 14. The van der Waals surface area contributed by atoms with Crippen molar-refractivity contribution in [2.75, 3.05) is 17.2 Å². The van der Waals surface area contributed by atoms with E-state index in [0.717, 1.165) is 30.3 Å². The van der Waals surface area contributed by atoms with Crippen molar-refractivity contribution in [1.29, 1.82) is 0 Å². The summed E-state index contributed by atoms with van der Waals surface area (Å²) in [6, 6.07) is 0.476. The minimum absolute atomic E-state index is 0.167. The van der Waals surface area contributed by atoms with Gasteiger partial charge in [0.15, 0.2) is 5.82 Å². The Morgan fingerprint density at radius 2 is 1.28 bits per heavy atom. The second-order valence-corrected chi connectivity index (χ2v) is 8.54. The third-order valence-electron chi connectivity index (χ3n) is 5.69. The van der Waals surface area contributed by atoms with Gasteiger partial charge in [0.1, 0.15) is 0 Å². The van der Waals surface area contributed by atoms with Crippen molar-refractivity contribution in [2.24, 2.45) is 5.92 Å². The molecule has 216 valence electrons. The van der Waals surface area contributed by atoms with E-state index in [-0.39, 0.29) is 18.2 Å². The smallest absolute Gasteiger partial charge is 0.382 e. The van der Waals surface area contributed by atoms with Crippen molar-refractivity contribution >= 4 is 17.3 Å². The molecule has 2 aromatic carbocycles. The first-order valence-corrected chi connectivity index (χ1v) is 10.6. The molecule has 1 amide bonds. The molecular weight excluding hydrogens is 574 g/mol. The highest BCUT2D eigenvalue weighted by Gasteiger charge is 2.74. The number of anilines is 2. The maximum absolute atomic E-state index is 14.8. The van der Waals surface area contributed by atoms with Crippen molar-refractivity contribution in [3.63, 3.8) is 0 Å². The van der Waals surface area contributed by atoms with Crippen LogP contribution in [0.4, 0.5) is 72.8 Å². The Morgan fingerprint density at radius 1 is 0.795 bits per heavy atom. The Morgan fingerprint density at radius 3 is 1.69 bits per heavy atom. The Bertz CT molecular complexity index is 1190. The number of amides is 1. The molecule has 0 bridgehead atoms. The number of rotatable bonds is 6. The fourth-order valence-electron chi connectivity index (χ4n) is 3.51. The molecular formula is C22H14F14N2O. The summed E-state index contributed by atoms with van der Waals surface area (Å²) >= 11 is 0. The number of carbonyl (C=O) groups excluding carboxylic acids is 1. The van der Waals surface area contributed by atoms with Crippen LogP contribution in [-0.2, 0) is 18.0 Å². The lowest BCUT2D eigenvalue weighted by molar-refractivity contribution is -0.348. The molecule has 3 rings (SSSR count). The van der Waals surface area contributed by atoms with Gasteiger partial charge in [0.05, 0.1) is 28.1 Å². The number of carbonyl (C=O) groups is 1. The van der Waals surface area contributed by atoms with Gasteiger partial charge in [-0.2, -0.15) is 52.7 Å². The predicted molar refractivity (Wildman–Crippen MR) is 107 cm³/mol. The van der Waals surface area contributed by atoms with Crippen LogP contribution in [0.5, 0.6) is 0 Å². The van der Waals surface area contributed by atoms with Gasteiger partial charge in [0, 0.05) is 12.1 Å². The van der Waals surface area contributed by atoms with E-state index in [1.165, 1.54) is 0 Å². The molecule has 0 aromatic heterocycles. The molecule has 2 aromatic rings. The van der Waals surface area contributed by atoms with Crippen LogP contribution in [0.25, 0.3) is 0 Å². The van der Waals surface area contributed by atoms with Crippen LogP contribution in [0, 0.1) is 11.7 Å². The van der Waals surface area contributed by atoms with Gasteiger partial charge >= 0.3 is 30.4 Å². The van der Waals surface area contributed by atoms with Crippen molar-refractivity contribution in [3.05, 3.63) is 58.4 Å². The monoisotopic (exact) mass is 588 g/mol. The summed E-state index contributed by atoms with van der Waals surface area (Å²) in [5.41, 5.74) is -19.3. The minimum atomic E-state index is -7.04. The van der Waals surface area contributed by atoms with Crippen molar-refractivity contribution in [1.82, 2.24) is 0 Å². The average molecular weight is 588 g/mol. The largest absolute Gasteiger partial charge is 0.435 e. The summed E-state index contributed by atoms with van der Waals surface area (Å²) < 4.78 is 190. The Balaban J connectivity index is 2.20. The van der Waals surface area contributed by atoms with E-state index in [4.69, 9.17) is 0 Å². The maximum Gasteiger partial charge on any atom is 0.435 e. The normalized spacial score (nSPS) is 15.3. The quantitative estimate of drug-likeness (QED) is 0.334. The number of benzene rings is 2. The maximum atomic E-state index is 14.8. The van der Waals surface area contributed by atoms with Gasteiger partial charge in [0.2, 0.25) is 0 Å². The molecule has 0 unspecified atom stereocenters. The Hall–Kier alpha value is -3.27. The zero-order valence-electron chi connectivity index (χ0n) is 18.8. The fraction of sp³-hybridized carbons (Fsp3) is 0.409. The fourth-order valence-corrected chi connectivity index (χ4v) is 3.51. The van der Waals surface area contributed by atoms with Crippen LogP contribution in [-0.4, -0.2) is 24.8 Å². The van der Waals surface area contributed by atoms with E-state index in [0.29, 0.717) is 6.07 Å². The lowest BCUT2D eigenvalue weighted by Crippen LogP contribution is -2.50. The zero-order valence-corrected chi connectivity index (χ0v) is 18.8. The van der Waals surface area contributed by atoms with Crippen molar-refractivity contribution in [2.45, 2.75) is 43.2 Å². The first-order valence-electron chi connectivity index (χ1n) is 10.6. The van der Waals surface area contributed by atoms with Gasteiger partial charge in [-0.15, -0.1) is 0 Å². The molecule has 1 aliphatic carbocycles. The molecule has 39 heavy (non-hydrogen) atoms. The molecule has 1 aliphatic rings. The van der Waals surface area contributed by atoms with Gasteiger partial charge in [-0.05, 0) is 43.0 Å². The van der Waals surface area contributed by atoms with Crippen molar-refractivity contribution in [3.8, 4) is 0 Å². The molecule has 0 atom stereocenters. The number of hydrogen-bond donors (Lipinski definition) is 2. The second kappa shape index (κ2) is 9.73. The van der Waals surface area contributed by atoms with E-state index < -0.39 is 82.2 Å². The summed E-state index contributed by atoms with van der Waals surface area (Å²) in [5.74, 6) is -3.20. The standard InChI is InChI=1S/C22H14F14N2O/c23-15-11(2-1-3-14(15)37-8-9-4-5-9)17(39)38-16-12(19(25,26)27)6-10(7-13(16)20(28,29)30)18(24,21(31,32)33)22(34,35)36/h1-3,6-7,9,37H,4-5,8H2,(H,38,39). The molecule has 3 nitrogen and oxygen atoms in total. The van der Waals surface area contributed by atoms with E-state index in [1.54, 1.807) is 0 Å². The lowest BCUT2D eigenvalue weighted by atomic mass is 9.89. The predicted octanol–water partition coefficient (Wildman–Crippen LogP) is 8.23. The van der Waals surface area contributed by atoms with Crippen LogP contribution < -0.4 is 10.6 Å². The molecule has 0 saturated heterocycles. The van der Waals surface area contributed by atoms with Gasteiger partial charge in [-0.25, -0.2) is 8.78 Å². The topological polar surface area (TPSA) is 41.1 Å². The van der Waals surface area contributed by atoms with Crippen LogP contribution in [0.3, 0.4) is 0 Å². The number of nitrogens with one attached hydrogen (secondary N) is 2. The molecule has 0 spiro atoms. The van der Waals surface area contributed by atoms with E-state index >= 15 is 0 Å². The van der Waals surface area contributed by atoms with E-state index in [9.17, 15) is 66.3 Å². The summed E-state index contributed by atoms with van der Waals surface area (Å²) in [4.78, 5) is 12.5. The molecule has 0 aliphatic heterocycles. The van der Waals surface area contributed by atoms with Crippen molar-refractivity contribution < 1.29 is 66.3 Å². The van der Waals surface area contributed by atoms with Gasteiger partial charge < -0.3 is 10.6 Å². The Kier molecular flexibility index (Phi) is 7.55. The molecule has 2 N–H and O–H groups in total. The van der Waals surface area contributed by atoms with Crippen LogP contribution in [0.15, 0.2) is 30.3 Å². The summed E-state index contributed by atoms with van der Waals surface area (Å²) in [7, 11) is 0. The van der Waals surface area contributed by atoms with Crippen LogP contribution in [0.2, 0.25) is 0 Å². The average Bonchev–Trinajstić information content (AvgIpc) is 3.59. The minimum Gasteiger partial charge on any atom is -0.382 e. The van der Waals surface area contributed by atoms with Crippen LogP contribution >= 0.6 is 0 Å². The SMILES string of the molecule is O=C(Nc1c(C(F)(F)F)cc(C(F)(C(F)(F)F)C(F)(F)F)cc1C(F)(F)F)c1cccc(NCC2CC2)c1F. The van der Waals surface area contributed by atoms with Gasteiger partial charge in [0.25, 0.3) is 5.91 Å². The first kappa shape index (κ1) is 30.3. The van der Waals surface area contributed by atoms with E-state index in [1.807, 2.05) is 0 Å². The molecule has 0 radical (unpaired) electrons. The molecule has 1 fully saturated rings. The second-order valence-electron chi connectivity index (χ2n) is 8.54. The van der Waals surface area contributed by atoms with E-state index in [2.05, 4.69) is 5.32 Å². The Labute approximate surface area is 209 Å². The van der Waals surface area contributed by atoms with Gasteiger partial charge in [-0.3, -0.25) is 4.79 Å². The van der Waals surface area contributed by atoms with Gasteiger partial charge in [-0.1, -0.05) is 6.07 Å². The molecule has 17 heteroatoms.